The maximum Gasteiger partial charge on any atom is 0.134 e. The van der Waals surface area contributed by atoms with Crippen molar-refractivity contribution in [1.82, 2.24) is 0 Å². The van der Waals surface area contributed by atoms with E-state index >= 15 is 0 Å². The average Bonchev–Trinajstić information content (AvgIpc) is 2.55. The highest BCUT2D eigenvalue weighted by molar-refractivity contribution is 9.10. The molecule has 0 unspecified atom stereocenters. The van der Waals surface area contributed by atoms with Crippen molar-refractivity contribution < 1.29 is 4.42 Å². The van der Waals surface area contributed by atoms with Gasteiger partial charge in [-0.2, -0.15) is 0 Å². The maximum atomic E-state index is 5.84. The minimum absolute atomic E-state index is 0.510. The van der Waals surface area contributed by atoms with Gasteiger partial charge in [0.05, 0.1) is 0 Å². The van der Waals surface area contributed by atoms with E-state index in [-0.39, 0.29) is 0 Å². The molecular weight excluding hydrogens is 252 g/mol. The zero-order valence-corrected chi connectivity index (χ0v) is 10.9. The van der Waals surface area contributed by atoms with E-state index in [4.69, 9.17) is 4.42 Å². The summed E-state index contributed by atoms with van der Waals surface area (Å²) in [5.74, 6) is 1.63. The van der Waals surface area contributed by atoms with E-state index in [0.29, 0.717) is 5.92 Å². The van der Waals surface area contributed by atoms with Gasteiger partial charge in [0.15, 0.2) is 0 Å². The molecule has 1 nitrogen and oxygen atoms in total. The Bertz CT molecular complexity index is 482. The summed E-state index contributed by atoms with van der Waals surface area (Å²) in [6, 6.07) is 6.20. The van der Waals surface area contributed by atoms with Gasteiger partial charge < -0.3 is 4.42 Å². The van der Waals surface area contributed by atoms with Crippen molar-refractivity contribution in [3.05, 3.63) is 34.0 Å². The quantitative estimate of drug-likeness (QED) is 0.755. The van der Waals surface area contributed by atoms with Crippen LogP contribution in [-0.2, 0) is 6.42 Å². The highest BCUT2D eigenvalue weighted by Crippen LogP contribution is 2.33. The van der Waals surface area contributed by atoms with Crippen molar-refractivity contribution in [3.63, 3.8) is 0 Å². The average molecular weight is 267 g/mol. The molecule has 0 aliphatic rings. The molecule has 1 aromatic heterocycles. The molecule has 0 N–H and O–H groups in total. The summed E-state index contributed by atoms with van der Waals surface area (Å²) in [5, 5.41) is 1.25. The van der Waals surface area contributed by atoms with E-state index in [2.05, 4.69) is 42.8 Å². The summed E-state index contributed by atoms with van der Waals surface area (Å²) in [7, 11) is 0. The van der Waals surface area contributed by atoms with E-state index in [1.807, 2.05) is 12.1 Å². The molecule has 2 rings (SSSR count). The number of fused-ring (bicyclic) bond motifs is 1. The Kier molecular flexibility index (Phi) is 2.87. The lowest BCUT2D eigenvalue weighted by atomic mass is 9.99. The molecule has 2 heteroatoms. The summed E-state index contributed by atoms with van der Waals surface area (Å²) >= 11 is 3.51. The molecule has 0 bridgehead atoms. The van der Waals surface area contributed by atoms with Gasteiger partial charge in [-0.05, 0) is 24.1 Å². The van der Waals surface area contributed by atoms with Crippen molar-refractivity contribution >= 4 is 26.9 Å². The Morgan fingerprint density at radius 3 is 2.67 bits per heavy atom. The van der Waals surface area contributed by atoms with Gasteiger partial charge in [0.2, 0.25) is 0 Å². The molecule has 0 aliphatic carbocycles. The molecule has 0 fully saturated rings. The van der Waals surface area contributed by atoms with Crippen LogP contribution < -0.4 is 0 Å². The molecule has 0 amide bonds. The van der Waals surface area contributed by atoms with Crippen molar-refractivity contribution in [2.24, 2.45) is 0 Å². The van der Waals surface area contributed by atoms with Gasteiger partial charge in [0.25, 0.3) is 0 Å². The number of hydrogen-bond acceptors (Lipinski definition) is 1. The van der Waals surface area contributed by atoms with Crippen molar-refractivity contribution in [3.8, 4) is 0 Å². The fourth-order valence-corrected chi connectivity index (χ4v) is 2.40. The summed E-state index contributed by atoms with van der Waals surface area (Å²) in [4.78, 5) is 0. The van der Waals surface area contributed by atoms with Gasteiger partial charge in [0.1, 0.15) is 11.3 Å². The lowest BCUT2D eigenvalue weighted by Gasteiger charge is -2.04. The molecule has 0 saturated carbocycles. The van der Waals surface area contributed by atoms with Gasteiger partial charge in [-0.15, -0.1) is 0 Å². The lowest BCUT2D eigenvalue weighted by molar-refractivity contribution is 0.546. The van der Waals surface area contributed by atoms with Gasteiger partial charge >= 0.3 is 0 Å². The fraction of sp³-hybridized carbons (Fsp3) is 0.385. The first kappa shape index (κ1) is 10.7. The Morgan fingerprint density at radius 1 is 1.33 bits per heavy atom. The fourth-order valence-electron chi connectivity index (χ4n) is 2.04. The van der Waals surface area contributed by atoms with E-state index in [1.165, 1.54) is 10.9 Å². The molecule has 2 aromatic rings. The summed E-state index contributed by atoms with van der Waals surface area (Å²) < 4.78 is 6.96. The Balaban J connectivity index is 2.76. The molecule has 0 atom stereocenters. The molecular formula is C13H15BrO. The van der Waals surface area contributed by atoms with Crippen LogP contribution in [0, 0.1) is 0 Å². The van der Waals surface area contributed by atoms with Crippen LogP contribution in [0.15, 0.2) is 27.1 Å². The first-order valence-corrected chi connectivity index (χ1v) is 6.13. The molecule has 0 aliphatic heterocycles. The Morgan fingerprint density at radius 2 is 2.07 bits per heavy atom. The second-order valence-electron chi connectivity index (χ2n) is 4.09. The summed E-state index contributed by atoms with van der Waals surface area (Å²) in [6.45, 7) is 6.56. The first-order chi connectivity index (χ1) is 7.13. The van der Waals surface area contributed by atoms with E-state index in [1.54, 1.807) is 0 Å². The van der Waals surface area contributed by atoms with Gasteiger partial charge in [-0.25, -0.2) is 0 Å². The normalized spacial score (nSPS) is 11.5. The predicted molar refractivity (Wildman–Crippen MR) is 67.4 cm³/mol. The minimum Gasteiger partial charge on any atom is -0.461 e. The van der Waals surface area contributed by atoms with Crippen LogP contribution in [-0.4, -0.2) is 0 Å². The van der Waals surface area contributed by atoms with Crippen LogP contribution in [0.1, 0.15) is 38.0 Å². The summed E-state index contributed by atoms with van der Waals surface area (Å²) in [6.07, 6.45) is 0.958. The zero-order valence-electron chi connectivity index (χ0n) is 9.30. The highest BCUT2D eigenvalue weighted by Gasteiger charge is 2.15. The number of hydrogen-bond donors (Lipinski definition) is 0. The topological polar surface area (TPSA) is 13.1 Å². The smallest absolute Gasteiger partial charge is 0.134 e. The largest absolute Gasteiger partial charge is 0.461 e. The second kappa shape index (κ2) is 4.01. The Hall–Kier alpha value is -0.760. The lowest BCUT2D eigenvalue weighted by Crippen LogP contribution is -1.90. The van der Waals surface area contributed by atoms with E-state index < -0.39 is 0 Å². The monoisotopic (exact) mass is 266 g/mol. The highest BCUT2D eigenvalue weighted by atomic mass is 79.9. The number of aryl methyl sites for hydroxylation is 1. The van der Waals surface area contributed by atoms with Crippen LogP contribution in [0.2, 0.25) is 0 Å². The Labute approximate surface area is 98.6 Å². The molecule has 0 radical (unpaired) electrons. The third-order valence-electron chi connectivity index (χ3n) is 2.66. The number of furan rings is 1. The predicted octanol–water partition coefficient (Wildman–Crippen LogP) is 4.88. The van der Waals surface area contributed by atoms with Crippen molar-refractivity contribution in [1.29, 1.82) is 0 Å². The van der Waals surface area contributed by atoms with Crippen molar-refractivity contribution in [2.45, 2.75) is 33.1 Å². The summed E-state index contributed by atoms with van der Waals surface area (Å²) in [5.41, 5.74) is 2.35. The first-order valence-electron chi connectivity index (χ1n) is 5.34. The molecule has 80 valence electrons. The van der Waals surface area contributed by atoms with Crippen LogP contribution in [0.4, 0.5) is 0 Å². The molecule has 1 heterocycles. The number of rotatable bonds is 2. The maximum absolute atomic E-state index is 5.84. The zero-order chi connectivity index (χ0) is 11.0. The molecule has 0 spiro atoms. The van der Waals surface area contributed by atoms with Crippen LogP contribution in [0.25, 0.3) is 11.0 Å². The SMILES string of the molecule is CCc1oc2ccc(Br)cc2c1C(C)C. The van der Waals surface area contributed by atoms with Crippen LogP contribution in [0.3, 0.4) is 0 Å². The van der Waals surface area contributed by atoms with Crippen LogP contribution in [0.5, 0.6) is 0 Å². The van der Waals surface area contributed by atoms with Gasteiger partial charge in [0, 0.05) is 21.8 Å². The molecule has 1 aromatic carbocycles. The van der Waals surface area contributed by atoms with E-state index in [0.717, 1.165) is 22.2 Å². The third-order valence-corrected chi connectivity index (χ3v) is 3.16. The molecule has 0 saturated heterocycles. The van der Waals surface area contributed by atoms with Gasteiger partial charge in [-0.1, -0.05) is 36.7 Å². The van der Waals surface area contributed by atoms with E-state index in [9.17, 15) is 0 Å². The number of benzene rings is 1. The van der Waals surface area contributed by atoms with Crippen molar-refractivity contribution in [2.75, 3.05) is 0 Å². The third kappa shape index (κ3) is 1.83. The standard InChI is InChI=1S/C13H15BrO/c1-4-11-13(8(2)3)10-7-9(14)5-6-12(10)15-11/h5-8H,4H2,1-3H3. The molecule has 15 heavy (non-hydrogen) atoms. The second-order valence-corrected chi connectivity index (χ2v) is 5.00. The number of halogens is 1. The van der Waals surface area contributed by atoms with Crippen LogP contribution >= 0.6 is 15.9 Å². The minimum atomic E-state index is 0.510. The van der Waals surface area contributed by atoms with Gasteiger partial charge in [-0.3, -0.25) is 0 Å².